The van der Waals surface area contributed by atoms with Crippen LogP contribution in [0.5, 0.6) is 0 Å². The maximum Gasteiger partial charge on any atom is 0.246 e. The highest BCUT2D eigenvalue weighted by molar-refractivity contribution is 5.95. The first kappa shape index (κ1) is 17.9. The van der Waals surface area contributed by atoms with Gasteiger partial charge in [-0.05, 0) is 19.3 Å². The largest absolute Gasteiger partial charge is 0.368 e. The highest BCUT2D eigenvalue weighted by Gasteiger charge is 2.38. The van der Waals surface area contributed by atoms with Crippen molar-refractivity contribution in [3.8, 4) is 0 Å². The summed E-state index contributed by atoms with van der Waals surface area (Å²) < 4.78 is 0. The van der Waals surface area contributed by atoms with Crippen molar-refractivity contribution in [1.29, 1.82) is 0 Å². The highest BCUT2D eigenvalue weighted by Crippen LogP contribution is 2.19. The van der Waals surface area contributed by atoms with Crippen molar-refractivity contribution in [2.45, 2.75) is 50.2 Å². The molecule has 5 N–H and O–H groups in total. The minimum absolute atomic E-state index is 0.185. The van der Waals surface area contributed by atoms with Crippen molar-refractivity contribution in [2.24, 2.45) is 5.73 Å². The van der Waals surface area contributed by atoms with Crippen molar-refractivity contribution in [3.05, 3.63) is 18.2 Å². The van der Waals surface area contributed by atoms with E-state index in [2.05, 4.69) is 20.6 Å². The fourth-order valence-corrected chi connectivity index (χ4v) is 3.43. The number of primary amides is 1. The molecule has 4 amide bonds. The topological polar surface area (TPSA) is 150 Å². The van der Waals surface area contributed by atoms with Gasteiger partial charge in [0.1, 0.15) is 18.1 Å². The molecular formula is C16H22N6O4. The number of H-pyrrole nitrogens is 1. The number of hydrogen-bond donors (Lipinski definition) is 4. The molecule has 1 aromatic heterocycles. The lowest BCUT2D eigenvalue weighted by Gasteiger charge is -2.28. The number of aromatic nitrogens is 2. The van der Waals surface area contributed by atoms with Crippen LogP contribution in [0.15, 0.2) is 12.5 Å². The molecule has 26 heavy (non-hydrogen) atoms. The van der Waals surface area contributed by atoms with Gasteiger partial charge < -0.3 is 26.3 Å². The van der Waals surface area contributed by atoms with Crippen LogP contribution in [-0.4, -0.2) is 63.2 Å². The Balaban J connectivity index is 1.74. The van der Waals surface area contributed by atoms with Gasteiger partial charge in [0.15, 0.2) is 0 Å². The summed E-state index contributed by atoms with van der Waals surface area (Å²) in [6.07, 6.45) is 5.13. The zero-order chi connectivity index (χ0) is 18.7. The molecule has 2 aliphatic rings. The van der Waals surface area contributed by atoms with Crippen molar-refractivity contribution in [2.75, 3.05) is 6.54 Å². The molecule has 2 aliphatic heterocycles. The number of carbonyl (C=O) groups is 4. The molecular weight excluding hydrogens is 340 g/mol. The van der Waals surface area contributed by atoms with Crippen LogP contribution < -0.4 is 16.4 Å². The van der Waals surface area contributed by atoms with Gasteiger partial charge in [-0.25, -0.2) is 4.98 Å². The summed E-state index contributed by atoms with van der Waals surface area (Å²) in [6.45, 7) is 0.419. The first-order valence-electron chi connectivity index (χ1n) is 8.62. The van der Waals surface area contributed by atoms with E-state index in [1.807, 2.05) is 0 Å². The number of hydrogen-bond acceptors (Lipinski definition) is 5. The van der Waals surface area contributed by atoms with Crippen LogP contribution in [0.4, 0.5) is 0 Å². The van der Waals surface area contributed by atoms with E-state index < -0.39 is 29.9 Å². The van der Waals surface area contributed by atoms with Gasteiger partial charge in [-0.1, -0.05) is 0 Å². The Morgan fingerprint density at radius 3 is 2.81 bits per heavy atom. The van der Waals surface area contributed by atoms with E-state index in [0.717, 1.165) is 0 Å². The third-order valence-electron chi connectivity index (χ3n) is 4.77. The van der Waals surface area contributed by atoms with E-state index in [0.29, 0.717) is 31.5 Å². The molecule has 3 rings (SSSR count). The van der Waals surface area contributed by atoms with Gasteiger partial charge >= 0.3 is 0 Å². The average Bonchev–Trinajstić information content (AvgIpc) is 3.34. The Bertz CT molecular complexity index is 704. The van der Waals surface area contributed by atoms with Crippen LogP contribution in [0, 0.1) is 0 Å². The minimum Gasteiger partial charge on any atom is -0.368 e. The maximum absolute atomic E-state index is 13.0. The third-order valence-corrected chi connectivity index (χ3v) is 4.77. The van der Waals surface area contributed by atoms with Crippen LogP contribution in [-0.2, 0) is 25.6 Å². The number of amides is 4. The van der Waals surface area contributed by atoms with E-state index >= 15 is 0 Å². The Morgan fingerprint density at radius 1 is 1.38 bits per heavy atom. The van der Waals surface area contributed by atoms with Gasteiger partial charge in [0, 0.05) is 31.3 Å². The number of aromatic amines is 1. The zero-order valence-electron chi connectivity index (χ0n) is 14.2. The lowest BCUT2D eigenvalue weighted by molar-refractivity contribution is -0.140. The van der Waals surface area contributed by atoms with E-state index in [-0.39, 0.29) is 24.7 Å². The van der Waals surface area contributed by atoms with Crippen LogP contribution in [0.1, 0.15) is 31.4 Å². The fraction of sp³-hybridized carbons (Fsp3) is 0.562. The first-order valence-corrected chi connectivity index (χ1v) is 8.62. The summed E-state index contributed by atoms with van der Waals surface area (Å²) >= 11 is 0. The molecule has 0 radical (unpaired) electrons. The van der Waals surface area contributed by atoms with Gasteiger partial charge in [-0.2, -0.15) is 0 Å². The molecule has 2 saturated heterocycles. The number of nitrogens with two attached hydrogens (primary N) is 1. The summed E-state index contributed by atoms with van der Waals surface area (Å²) in [7, 11) is 0. The van der Waals surface area contributed by atoms with Crippen molar-refractivity contribution in [1.82, 2.24) is 25.5 Å². The smallest absolute Gasteiger partial charge is 0.246 e. The summed E-state index contributed by atoms with van der Waals surface area (Å²) in [5.41, 5.74) is 6.07. The number of carbonyl (C=O) groups excluding carboxylic acids is 4. The van der Waals surface area contributed by atoms with E-state index in [1.54, 1.807) is 6.20 Å². The Morgan fingerprint density at radius 2 is 2.19 bits per heavy atom. The molecule has 10 heteroatoms. The normalized spacial score (nSPS) is 23.5. The Hall–Kier alpha value is -2.91. The van der Waals surface area contributed by atoms with E-state index in [4.69, 9.17) is 5.73 Å². The predicted molar refractivity (Wildman–Crippen MR) is 89.3 cm³/mol. The van der Waals surface area contributed by atoms with Crippen LogP contribution in [0.2, 0.25) is 0 Å². The van der Waals surface area contributed by atoms with E-state index in [9.17, 15) is 19.2 Å². The van der Waals surface area contributed by atoms with Crippen molar-refractivity contribution < 1.29 is 19.2 Å². The number of rotatable bonds is 6. The average molecular weight is 362 g/mol. The number of nitrogens with one attached hydrogen (secondary N) is 3. The third kappa shape index (κ3) is 3.84. The summed E-state index contributed by atoms with van der Waals surface area (Å²) in [5, 5.41) is 5.29. The SMILES string of the molecule is NC(=O)[C@@H]1CCCN1C(=O)[C@H](Cc1cnc[nH]1)NC(=O)[C@H]1CCC(=O)N1. The highest BCUT2D eigenvalue weighted by atomic mass is 16.2. The predicted octanol–water partition coefficient (Wildman–Crippen LogP) is -1.81. The summed E-state index contributed by atoms with van der Waals surface area (Å²) in [5.74, 6) is -1.51. The second-order valence-corrected chi connectivity index (χ2v) is 6.59. The number of nitrogens with zero attached hydrogens (tertiary/aromatic N) is 2. The molecule has 2 fully saturated rings. The molecule has 1 aromatic rings. The van der Waals surface area contributed by atoms with Crippen LogP contribution >= 0.6 is 0 Å². The molecule has 0 spiro atoms. The van der Waals surface area contributed by atoms with Crippen molar-refractivity contribution in [3.63, 3.8) is 0 Å². The van der Waals surface area contributed by atoms with Gasteiger partial charge in [0.2, 0.25) is 23.6 Å². The number of likely N-dealkylation sites (tertiary alicyclic amines) is 1. The quantitative estimate of drug-likeness (QED) is 0.470. The second kappa shape index (κ2) is 7.54. The Labute approximate surface area is 149 Å². The van der Waals surface area contributed by atoms with Crippen LogP contribution in [0.25, 0.3) is 0 Å². The van der Waals surface area contributed by atoms with Gasteiger partial charge in [0.05, 0.1) is 6.33 Å². The molecule has 0 bridgehead atoms. The molecule has 0 aromatic carbocycles. The molecule has 10 nitrogen and oxygen atoms in total. The summed E-state index contributed by atoms with van der Waals surface area (Å²) in [4.78, 5) is 56.6. The monoisotopic (exact) mass is 362 g/mol. The molecule has 140 valence electrons. The van der Waals surface area contributed by atoms with E-state index in [1.165, 1.54) is 11.2 Å². The fourth-order valence-electron chi connectivity index (χ4n) is 3.43. The lowest BCUT2D eigenvalue weighted by atomic mass is 10.1. The zero-order valence-corrected chi connectivity index (χ0v) is 14.2. The molecule has 0 unspecified atom stereocenters. The van der Waals surface area contributed by atoms with Gasteiger partial charge in [0.25, 0.3) is 0 Å². The lowest BCUT2D eigenvalue weighted by Crippen LogP contribution is -2.56. The second-order valence-electron chi connectivity index (χ2n) is 6.59. The molecule has 3 heterocycles. The van der Waals surface area contributed by atoms with Gasteiger partial charge in [-0.3, -0.25) is 19.2 Å². The number of imidazole rings is 1. The standard InChI is InChI=1S/C16H22N6O4/c17-14(24)12-2-1-5-22(12)16(26)11(6-9-7-18-8-19-9)21-15(25)10-3-4-13(23)20-10/h7-8,10-12H,1-6H2,(H2,17,24)(H,18,19)(H,20,23)(H,21,25)/t10-,11+,12+/m1/s1. The first-order chi connectivity index (χ1) is 12.5. The van der Waals surface area contributed by atoms with Crippen LogP contribution in [0.3, 0.4) is 0 Å². The minimum atomic E-state index is -0.875. The molecule has 0 aliphatic carbocycles. The maximum atomic E-state index is 13.0. The molecule has 3 atom stereocenters. The molecule has 0 saturated carbocycles. The van der Waals surface area contributed by atoms with Crippen molar-refractivity contribution >= 4 is 23.6 Å². The Kier molecular flexibility index (Phi) is 5.19. The van der Waals surface area contributed by atoms with Gasteiger partial charge in [-0.15, -0.1) is 0 Å². The summed E-state index contributed by atoms with van der Waals surface area (Å²) in [6, 6.07) is -2.18.